The molecular formula is C46H29N3. The van der Waals surface area contributed by atoms with Crippen molar-refractivity contribution in [1.29, 1.82) is 0 Å². The van der Waals surface area contributed by atoms with E-state index >= 15 is 0 Å². The zero-order valence-corrected chi connectivity index (χ0v) is 26.6. The van der Waals surface area contributed by atoms with Crippen LogP contribution in [0.4, 0.5) is 0 Å². The lowest BCUT2D eigenvalue weighted by atomic mass is 9.98. The highest BCUT2D eigenvalue weighted by Gasteiger charge is 2.19. The predicted molar refractivity (Wildman–Crippen MR) is 207 cm³/mol. The zero-order chi connectivity index (χ0) is 32.1. The monoisotopic (exact) mass is 623 g/mol. The van der Waals surface area contributed by atoms with Gasteiger partial charge in [0.1, 0.15) is 0 Å². The molecular weight excluding hydrogens is 595 g/mol. The molecule has 0 unspecified atom stereocenters. The normalized spacial score (nSPS) is 12.1. The smallest absolute Gasteiger partial charge is 0.0607 e. The van der Waals surface area contributed by atoms with Crippen molar-refractivity contribution in [1.82, 2.24) is 13.7 Å². The van der Waals surface area contributed by atoms with Crippen LogP contribution in [-0.2, 0) is 0 Å². The Hall–Kier alpha value is -6.58. The SMILES string of the molecule is c1ccc(-n2ccc3ccc4c(ccc5c4c4c6ccccc6ccc4n5-c4ccc(-n5c6ccccc6c6ccccc65)cc4)c32)cc1. The number of nitrogens with zero attached hydrogens (tertiary/aromatic N) is 3. The fourth-order valence-corrected chi connectivity index (χ4v) is 8.35. The number of hydrogen-bond donors (Lipinski definition) is 0. The number of fused-ring (bicyclic) bond motifs is 12. The maximum atomic E-state index is 2.45. The largest absolute Gasteiger partial charge is 0.316 e. The van der Waals surface area contributed by atoms with Crippen LogP contribution in [0.25, 0.3) is 93.1 Å². The van der Waals surface area contributed by atoms with Crippen LogP contribution in [0.5, 0.6) is 0 Å². The Morgan fingerprint density at radius 2 is 0.816 bits per heavy atom. The van der Waals surface area contributed by atoms with Crippen LogP contribution >= 0.6 is 0 Å². The molecule has 0 aliphatic carbocycles. The molecule has 0 spiro atoms. The molecule has 8 aromatic carbocycles. The van der Waals surface area contributed by atoms with Gasteiger partial charge in [-0.2, -0.15) is 0 Å². The van der Waals surface area contributed by atoms with Crippen molar-refractivity contribution < 1.29 is 0 Å². The first-order valence-corrected chi connectivity index (χ1v) is 16.9. The summed E-state index contributed by atoms with van der Waals surface area (Å²) in [5.41, 5.74) is 9.57. The molecule has 11 rings (SSSR count). The highest BCUT2D eigenvalue weighted by Crippen LogP contribution is 2.42. The molecule has 3 nitrogen and oxygen atoms in total. The van der Waals surface area contributed by atoms with Gasteiger partial charge in [-0.05, 0) is 82.9 Å². The van der Waals surface area contributed by atoms with E-state index in [0.717, 1.165) is 11.4 Å². The first kappa shape index (κ1) is 26.5. The first-order chi connectivity index (χ1) is 24.3. The summed E-state index contributed by atoms with van der Waals surface area (Å²) in [6, 6.07) is 62.0. The molecule has 49 heavy (non-hydrogen) atoms. The third-order valence-corrected chi connectivity index (χ3v) is 10.4. The Morgan fingerprint density at radius 1 is 0.286 bits per heavy atom. The second-order valence-electron chi connectivity index (χ2n) is 13.0. The molecule has 0 bridgehead atoms. The van der Waals surface area contributed by atoms with E-state index in [9.17, 15) is 0 Å². The fraction of sp³-hybridized carbons (Fsp3) is 0. The average molecular weight is 624 g/mol. The van der Waals surface area contributed by atoms with E-state index in [2.05, 4.69) is 190 Å². The van der Waals surface area contributed by atoms with Crippen LogP contribution in [0.1, 0.15) is 0 Å². The van der Waals surface area contributed by atoms with Gasteiger partial charge >= 0.3 is 0 Å². The van der Waals surface area contributed by atoms with Crippen molar-refractivity contribution in [2.45, 2.75) is 0 Å². The zero-order valence-electron chi connectivity index (χ0n) is 26.6. The van der Waals surface area contributed by atoms with Gasteiger partial charge in [0.2, 0.25) is 0 Å². The molecule has 0 radical (unpaired) electrons. The molecule has 0 saturated heterocycles. The topological polar surface area (TPSA) is 14.8 Å². The van der Waals surface area contributed by atoms with Crippen molar-refractivity contribution in [2.75, 3.05) is 0 Å². The van der Waals surface area contributed by atoms with Crippen LogP contribution in [0.2, 0.25) is 0 Å². The van der Waals surface area contributed by atoms with Gasteiger partial charge in [0.05, 0.1) is 27.6 Å². The summed E-state index contributed by atoms with van der Waals surface area (Å²) in [4.78, 5) is 0. The summed E-state index contributed by atoms with van der Waals surface area (Å²) >= 11 is 0. The van der Waals surface area contributed by atoms with Gasteiger partial charge in [-0.1, -0.05) is 103 Å². The van der Waals surface area contributed by atoms with Crippen LogP contribution in [0, 0.1) is 0 Å². The maximum Gasteiger partial charge on any atom is 0.0607 e. The molecule has 3 heteroatoms. The molecule has 0 aliphatic heterocycles. The molecule has 0 fully saturated rings. The minimum atomic E-state index is 1.15. The highest BCUT2D eigenvalue weighted by molar-refractivity contribution is 6.30. The van der Waals surface area contributed by atoms with E-state index in [-0.39, 0.29) is 0 Å². The van der Waals surface area contributed by atoms with E-state index < -0.39 is 0 Å². The molecule has 0 amide bonds. The summed E-state index contributed by atoms with van der Waals surface area (Å²) in [5.74, 6) is 0. The molecule has 11 aromatic rings. The van der Waals surface area contributed by atoms with Crippen molar-refractivity contribution >= 4 is 76.1 Å². The Labute approximate surface area is 282 Å². The summed E-state index contributed by atoms with van der Waals surface area (Å²) in [7, 11) is 0. The molecule has 0 atom stereocenters. The van der Waals surface area contributed by atoms with Gasteiger partial charge in [0.15, 0.2) is 0 Å². The van der Waals surface area contributed by atoms with E-state index in [1.807, 2.05) is 0 Å². The standard InChI is InChI=1S/C46H29N3/c1-2-11-32(12-3-1)47-29-28-31-18-24-38-39(46(31)47)25-27-43-45(38)44-35-13-5-4-10-30(35)19-26-42(44)49(43)34-22-20-33(21-23-34)48-40-16-8-6-14-36(40)37-15-7-9-17-41(37)48/h1-29H. The molecule has 3 heterocycles. The molecule has 0 N–H and O–H groups in total. The van der Waals surface area contributed by atoms with Crippen molar-refractivity contribution in [3.8, 4) is 17.1 Å². The van der Waals surface area contributed by atoms with Gasteiger partial charge in [-0.3, -0.25) is 0 Å². The maximum absolute atomic E-state index is 2.45. The van der Waals surface area contributed by atoms with E-state index in [1.165, 1.54) is 81.7 Å². The summed E-state index contributed by atoms with van der Waals surface area (Å²) in [6.45, 7) is 0. The Balaban J connectivity index is 1.20. The van der Waals surface area contributed by atoms with Crippen molar-refractivity contribution in [3.63, 3.8) is 0 Å². The number of rotatable bonds is 3. The number of benzene rings is 8. The summed E-state index contributed by atoms with van der Waals surface area (Å²) in [6.07, 6.45) is 2.20. The van der Waals surface area contributed by atoms with Crippen LogP contribution < -0.4 is 0 Å². The fourth-order valence-electron chi connectivity index (χ4n) is 8.35. The Bertz CT molecular complexity index is 3030. The molecule has 0 saturated carbocycles. The lowest BCUT2D eigenvalue weighted by Gasteiger charge is -2.12. The van der Waals surface area contributed by atoms with E-state index in [0.29, 0.717) is 0 Å². The lowest BCUT2D eigenvalue weighted by Crippen LogP contribution is -1.97. The molecule has 228 valence electrons. The van der Waals surface area contributed by atoms with Crippen molar-refractivity contribution in [2.24, 2.45) is 0 Å². The summed E-state index contributed by atoms with van der Waals surface area (Å²) < 4.78 is 7.16. The number of para-hydroxylation sites is 3. The van der Waals surface area contributed by atoms with E-state index in [4.69, 9.17) is 0 Å². The van der Waals surface area contributed by atoms with Crippen molar-refractivity contribution in [3.05, 3.63) is 176 Å². The van der Waals surface area contributed by atoms with E-state index in [1.54, 1.807) is 0 Å². The second-order valence-corrected chi connectivity index (χ2v) is 13.0. The van der Waals surface area contributed by atoms with Gasteiger partial charge in [0.25, 0.3) is 0 Å². The second kappa shape index (κ2) is 9.96. The minimum absolute atomic E-state index is 1.15. The highest BCUT2D eigenvalue weighted by atomic mass is 15.0. The summed E-state index contributed by atoms with van der Waals surface area (Å²) in [5, 5.41) is 11.4. The first-order valence-electron chi connectivity index (χ1n) is 16.9. The third kappa shape index (κ3) is 3.67. The van der Waals surface area contributed by atoms with Gasteiger partial charge in [0, 0.05) is 55.6 Å². The number of hydrogen-bond acceptors (Lipinski definition) is 0. The number of aromatic nitrogens is 3. The Morgan fingerprint density at radius 3 is 1.53 bits per heavy atom. The predicted octanol–water partition coefficient (Wildman–Crippen LogP) is 12.1. The third-order valence-electron chi connectivity index (χ3n) is 10.4. The van der Waals surface area contributed by atoms with Crippen LogP contribution in [0.15, 0.2) is 176 Å². The average Bonchev–Trinajstić information content (AvgIpc) is 3.86. The van der Waals surface area contributed by atoms with Crippen LogP contribution in [-0.4, -0.2) is 13.7 Å². The molecule has 3 aromatic heterocycles. The Kier molecular flexibility index (Phi) is 5.38. The quantitative estimate of drug-likeness (QED) is 0.186. The molecule has 0 aliphatic rings. The van der Waals surface area contributed by atoms with Crippen LogP contribution in [0.3, 0.4) is 0 Å². The van der Waals surface area contributed by atoms with Gasteiger partial charge < -0.3 is 13.7 Å². The lowest BCUT2D eigenvalue weighted by molar-refractivity contribution is 1.13. The van der Waals surface area contributed by atoms with Gasteiger partial charge in [-0.15, -0.1) is 0 Å². The van der Waals surface area contributed by atoms with Gasteiger partial charge in [-0.25, -0.2) is 0 Å². The minimum Gasteiger partial charge on any atom is -0.316 e.